The van der Waals surface area contributed by atoms with Crippen LogP contribution >= 0.6 is 0 Å². The Morgan fingerprint density at radius 2 is 1.32 bits per heavy atom. The molecule has 0 amide bonds. The second kappa shape index (κ2) is 8.40. The Labute approximate surface area is 178 Å². The van der Waals surface area contributed by atoms with Gasteiger partial charge in [-0.3, -0.25) is 0 Å². The molecule has 0 bridgehead atoms. The highest BCUT2D eigenvalue weighted by Gasteiger charge is 2.16. The van der Waals surface area contributed by atoms with Crippen molar-refractivity contribution >= 4 is 16.7 Å². The van der Waals surface area contributed by atoms with E-state index in [0.717, 1.165) is 16.8 Å². The SMILES string of the molecule is C=CC(=O)Oc1ccc2cc(-c3ccc(-c4ccc(OC)cc4)c(F)c3F)ccc2c1. The van der Waals surface area contributed by atoms with Gasteiger partial charge in [0.2, 0.25) is 0 Å². The Kier molecular flexibility index (Phi) is 5.50. The molecule has 0 spiro atoms. The molecule has 3 nitrogen and oxygen atoms in total. The summed E-state index contributed by atoms with van der Waals surface area (Å²) in [7, 11) is 1.54. The van der Waals surface area contributed by atoms with E-state index in [9.17, 15) is 13.6 Å². The predicted octanol–water partition coefficient (Wildman–Crippen LogP) is 6.55. The van der Waals surface area contributed by atoms with Gasteiger partial charge in [0.25, 0.3) is 0 Å². The van der Waals surface area contributed by atoms with Gasteiger partial charge in [-0.15, -0.1) is 0 Å². The van der Waals surface area contributed by atoms with Crippen molar-refractivity contribution in [2.24, 2.45) is 0 Å². The van der Waals surface area contributed by atoms with Crippen molar-refractivity contribution in [3.05, 3.63) is 97.1 Å². The van der Waals surface area contributed by atoms with Gasteiger partial charge < -0.3 is 9.47 Å². The van der Waals surface area contributed by atoms with E-state index >= 15 is 0 Å². The van der Waals surface area contributed by atoms with E-state index in [1.165, 1.54) is 0 Å². The molecule has 0 saturated carbocycles. The summed E-state index contributed by atoms with van der Waals surface area (Å²) < 4.78 is 40.1. The number of ether oxygens (including phenoxy) is 2. The molecule has 0 aliphatic carbocycles. The van der Waals surface area contributed by atoms with Crippen LogP contribution in [0.25, 0.3) is 33.0 Å². The number of rotatable bonds is 5. The van der Waals surface area contributed by atoms with E-state index in [1.807, 2.05) is 0 Å². The van der Waals surface area contributed by atoms with Crippen molar-refractivity contribution in [2.75, 3.05) is 7.11 Å². The quantitative estimate of drug-likeness (QED) is 0.210. The van der Waals surface area contributed by atoms with Crippen molar-refractivity contribution in [3.63, 3.8) is 0 Å². The molecule has 4 rings (SSSR count). The van der Waals surface area contributed by atoms with Crippen LogP contribution < -0.4 is 9.47 Å². The zero-order chi connectivity index (χ0) is 22.0. The van der Waals surface area contributed by atoms with Crippen LogP contribution in [-0.2, 0) is 4.79 Å². The molecule has 0 atom stereocenters. The number of benzene rings is 4. The van der Waals surface area contributed by atoms with Crippen molar-refractivity contribution in [1.82, 2.24) is 0 Å². The fourth-order valence-electron chi connectivity index (χ4n) is 3.38. The third kappa shape index (κ3) is 4.03. The first-order chi connectivity index (χ1) is 15.0. The molecule has 31 heavy (non-hydrogen) atoms. The summed E-state index contributed by atoms with van der Waals surface area (Å²) in [5.41, 5.74) is 1.45. The highest BCUT2D eigenvalue weighted by Crippen LogP contribution is 2.34. The fourth-order valence-corrected chi connectivity index (χ4v) is 3.38. The van der Waals surface area contributed by atoms with Gasteiger partial charge in [0, 0.05) is 17.2 Å². The number of carbonyl (C=O) groups excluding carboxylic acids is 1. The highest BCUT2D eigenvalue weighted by molar-refractivity contribution is 5.90. The van der Waals surface area contributed by atoms with Gasteiger partial charge >= 0.3 is 5.97 Å². The molecule has 0 aliphatic heterocycles. The summed E-state index contributed by atoms with van der Waals surface area (Å²) in [6.45, 7) is 3.37. The Balaban J connectivity index is 1.70. The monoisotopic (exact) mass is 416 g/mol. The van der Waals surface area contributed by atoms with Gasteiger partial charge in [-0.2, -0.15) is 0 Å². The summed E-state index contributed by atoms with van der Waals surface area (Å²) in [6, 6.07) is 20.2. The number of hydrogen-bond acceptors (Lipinski definition) is 3. The summed E-state index contributed by atoms with van der Waals surface area (Å²) in [6.07, 6.45) is 1.08. The lowest BCUT2D eigenvalue weighted by molar-refractivity contribution is -0.128. The Hall–Kier alpha value is -3.99. The zero-order valence-corrected chi connectivity index (χ0v) is 16.7. The van der Waals surface area contributed by atoms with Crippen molar-refractivity contribution < 1.29 is 23.0 Å². The average molecular weight is 416 g/mol. The molecular formula is C26H18F2O3. The fraction of sp³-hybridized carbons (Fsp3) is 0.0385. The van der Waals surface area contributed by atoms with Crippen LogP contribution in [0.1, 0.15) is 0 Å². The van der Waals surface area contributed by atoms with E-state index in [1.54, 1.807) is 79.9 Å². The minimum atomic E-state index is -0.913. The number of halogens is 2. The van der Waals surface area contributed by atoms with E-state index in [2.05, 4.69) is 6.58 Å². The maximum absolute atomic E-state index is 15.0. The third-order valence-electron chi connectivity index (χ3n) is 4.99. The first-order valence-corrected chi connectivity index (χ1v) is 9.51. The number of carbonyl (C=O) groups is 1. The molecule has 0 saturated heterocycles. The van der Waals surface area contributed by atoms with Gasteiger partial charge in [0.15, 0.2) is 11.6 Å². The van der Waals surface area contributed by atoms with E-state index in [-0.39, 0.29) is 11.1 Å². The molecule has 0 heterocycles. The van der Waals surface area contributed by atoms with Crippen LogP contribution in [0.3, 0.4) is 0 Å². The van der Waals surface area contributed by atoms with Crippen LogP contribution in [0.4, 0.5) is 8.78 Å². The molecule has 4 aromatic carbocycles. The van der Waals surface area contributed by atoms with Gasteiger partial charge in [0.1, 0.15) is 11.5 Å². The summed E-state index contributed by atoms with van der Waals surface area (Å²) in [5.74, 6) is -1.35. The van der Waals surface area contributed by atoms with Crippen LogP contribution in [0.5, 0.6) is 11.5 Å². The van der Waals surface area contributed by atoms with E-state index in [0.29, 0.717) is 22.6 Å². The number of hydrogen-bond donors (Lipinski definition) is 0. The second-order valence-electron chi connectivity index (χ2n) is 6.87. The van der Waals surface area contributed by atoms with E-state index < -0.39 is 17.6 Å². The van der Waals surface area contributed by atoms with Crippen molar-refractivity contribution in [1.29, 1.82) is 0 Å². The molecule has 0 aromatic heterocycles. The standard InChI is InChI=1S/C26H18F2O3/c1-3-24(29)31-21-11-8-17-14-19(5-4-18(17)15-21)23-13-12-22(25(27)26(23)28)16-6-9-20(30-2)10-7-16/h3-15H,1H2,2H3. The minimum absolute atomic E-state index is 0.166. The predicted molar refractivity (Wildman–Crippen MR) is 117 cm³/mol. The van der Waals surface area contributed by atoms with Gasteiger partial charge in [0.05, 0.1) is 7.11 Å². The van der Waals surface area contributed by atoms with Crippen molar-refractivity contribution in [3.8, 4) is 33.8 Å². The molecule has 0 aliphatic rings. The van der Waals surface area contributed by atoms with Crippen LogP contribution in [0, 0.1) is 11.6 Å². The lowest BCUT2D eigenvalue weighted by Crippen LogP contribution is -2.02. The normalized spacial score (nSPS) is 10.7. The third-order valence-corrected chi connectivity index (χ3v) is 4.99. The Morgan fingerprint density at radius 3 is 1.97 bits per heavy atom. The van der Waals surface area contributed by atoms with Crippen LogP contribution in [-0.4, -0.2) is 13.1 Å². The summed E-state index contributed by atoms with van der Waals surface area (Å²) in [4.78, 5) is 11.4. The number of fused-ring (bicyclic) bond motifs is 1. The van der Waals surface area contributed by atoms with Gasteiger partial charge in [-0.25, -0.2) is 13.6 Å². The number of methoxy groups -OCH3 is 1. The largest absolute Gasteiger partial charge is 0.497 e. The molecule has 0 fully saturated rings. The molecule has 5 heteroatoms. The Bertz CT molecular complexity index is 1290. The number of esters is 1. The van der Waals surface area contributed by atoms with Crippen LogP contribution in [0.2, 0.25) is 0 Å². The minimum Gasteiger partial charge on any atom is -0.497 e. The molecule has 4 aromatic rings. The lowest BCUT2D eigenvalue weighted by atomic mass is 9.97. The van der Waals surface area contributed by atoms with E-state index in [4.69, 9.17) is 9.47 Å². The first-order valence-electron chi connectivity index (χ1n) is 9.51. The first kappa shape index (κ1) is 20.3. The second-order valence-corrected chi connectivity index (χ2v) is 6.87. The molecule has 0 N–H and O–H groups in total. The van der Waals surface area contributed by atoms with Gasteiger partial charge in [-0.05, 0) is 52.2 Å². The van der Waals surface area contributed by atoms with Crippen molar-refractivity contribution in [2.45, 2.75) is 0 Å². The van der Waals surface area contributed by atoms with Gasteiger partial charge in [-0.1, -0.05) is 49.0 Å². The molecular weight excluding hydrogens is 398 g/mol. The maximum atomic E-state index is 15.0. The topological polar surface area (TPSA) is 35.5 Å². The zero-order valence-electron chi connectivity index (χ0n) is 16.7. The smallest absolute Gasteiger partial charge is 0.335 e. The summed E-state index contributed by atoms with van der Waals surface area (Å²) >= 11 is 0. The maximum Gasteiger partial charge on any atom is 0.335 e. The summed E-state index contributed by atoms with van der Waals surface area (Å²) in [5, 5.41) is 1.60. The highest BCUT2D eigenvalue weighted by atomic mass is 19.2. The van der Waals surface area contributed by atoms with Crippen LogP contribution in [0.15, 0.2) is 85.5 Å². The molecule has 0 unspecified atom stereocenters. The molecule has 0 radical (unpaired) electrons. The Morgan fingerprint density at radius 1 is 0.774 bits per heavy atom. The molecule has 154 valence electrons. The average Bonchev–Trinajstić information content (AvgIpc) is 2.80. The lowest BCUT2D eigenvalue weighted by Gasteiger charge is -2.11.